The van der Waals surface area contributed by atoms with Crippen LogP contribution in [-0.2, 0) is 0 Å². The summed E-state index contributed by atoms with van der Waals surface area (Å²) in [5.74, 6) is -0.680. The van der Waals surface area contributed by atoms with Crippen molar-refractivity contribution in [1.29, 1.82) is 0 Å². The third-order valence-corrected chi connectivity index (χ3v) is 5.56. The van der Waals surface area contributed by atoms with Crippen LogP contribution < -0.4 is 15.4 Å². The number of anilines is 1. The normalized spacial score (nSPS) is 10.9. The number of hydrogen-bond donors (Lipinski definition) is 3. The topological polar surface area (TPSA) is 112 Å². The lowest BCUT2D eigenvalue weighted by molar-refractivity contribution is 0.0961. The first-order valence-corrected chi connectivity index (χ1v) is 10.9. The molecule has 4 aromatic rings. The molecule has 35 heavy (non-hydrogen) atoms. The van der Waals surface area contributed by atoms with Gasteiger partial charge in [-0.05, 0) is 48.2 Å². The number of benzene rings is 4. The number of carbonyl (C=O) groups excluding carboxylic acids is 2. The van der Waals surface area contributed by atoms with Crippen LogP contribution in [0.15, 0.2) is 83.0 Å². The molecule has 4 rings (SSSR count). The number of azo groups is 1. The third-order valence-electron chi connectivity index (χ3n) is 5.56. The summed E-state index contributed by atoms with van der Waals surface area (Å²) in [5, 5.41) is 26.4. The fraction of sp³-hybridized carbons (Fsp3) is 0.111. The minimum absolute atomic E-state index is 0.0721. The molecule has 0 spiro atoms. The summed E-state index contributed by atoms with van der Waals surface area (Å²) in [5.41, 5.74) is 2.53. The van der Waals surface area contributed by atoms with Crippen LogP contribution in [-0.4, -0.2) is 31.1 Å². The van der Waals surface area contributed by atoms with Gasteiger partial charge < -0.3 is 20.5 Å². The molecule has 0 aromatic heterocycles. The van der Waals surface area contributed by atoms with Gasteiger partial charge in [0.25, 0.3) is 11.8 Å². The van der Waals surface area contributed by atoms with E-state index in [-0.39, 0.29) is 22.9 Å². The van der Waals surface area contributed by atoms with Crippen molar-refractivity contribution < 1.29 is 19.4 Å². The van der Waals surface area contributed by atoms with Crippen molar-refractivity contribution in [2.45, 2.75) is 6.92 Å². The second kappa shape index (κ2) is 10.0. The average Bonchev–Trinajstić information content (AvgIpc) is 2.88. The number of para-hydroxylation sites is 1. The molecule has 3 N–H and O–H groups in total. The van der Waals surface area contributed by atoms with Crippen molar-refractivity contribution in [3.8, 4) is 11.5 Å². The van der Waals surface area contributed by atoms with E-state index in [2.05, 4.69) is 20.9 Å². The maximum atomic E-state index is 13.1. The Balaban J connectivity index is 1.77. The summed E-state index contributed by atoms with van der Waals surface area (Å²) in [7, 11) is 3.00. The van der Waals surface area contributed by atoms with E-state index in [1.54, 1.807) is 43.4 Å². The molecule has 0 fully saturated rings. The predicted molar refractivity (Wildman–Crippen MR) is 135 cm³/mol. The molecule has 0 atom stereocenters. The Kier molecular flexibility index (Phi) is 6.73. The Morgan fingerprint density at radius 1 is 0.914 bits per heavy atom. The van der Waals surface area contributed by atoms with E-state index >= 15 is 0 Å². The van der Waals surface area contributed by atoms with E-state index in [1.807, 2.05) is 43.3 Å². The quantitative estimate of drug-likeness (QED) is 0.306. The Hall–Kier alpha value is -4.72. The first-order valence-electron chi connectivity index (χ1n) is 10.9. The van der Waals surface area contributed by atoms with Crippen LogP contribution in [0.4, 0.5) is 17.1 Å². The highest BCUT2D eigenvalue weighted by Gasteiger charge is 2.19. The molecule has 0 radical (unpaired) electrons. The van der Waals surface area contributed by atoms with Gasteiger partial charge in [0.2, 0.25) is 0 Å². The number of methoxy groups -OCH3 is 1. The zero-order chi connectivity index (χ0) is 24.9. The van der Waals surface area contributed by atoms with Gasteiger partial charge in [-0.2, -0.15) is 0 Å². The molecular formula is C27H24N4O4. The van der Waals surface area contributed by atoms with Gasteiger partial charge in [-0.25, -0.2) is 0 Å². The minimum Gasteiger partial charge on any atom is -0.505 e. The van der Waals surface area contributed by atoms with Gasteiger partial charge in [0.05, 0.1) is 12.7 Å². The highest BCUT2D eigenvalue weighted by atomic mass is 16.5. The number of carbonyl (C=O) groups is 2. The van der Waals surface area contributed by atoms with E-state index in [4.69, 9.17) is 4.74 Å². The van der Waals surface area contributed by atoms with Crippen LogP contribution >= 0.6 is 0 Å². The number of aromatic hydroxyl groups is 1. The number of rotatable bonds is 6. The zero-order valence-electron chi connectivity index (χ0n) is 19.5. The van der Waals surface area contributed by atoms with Crippen molar-refractivity contribution in [3.63, 3.8) is 0 Å². The van der Waals surface area contributed by atoms with Crippen LogP contribution in [0.3, 0.4) is 0 Å². The fourth-order valence-electron chi connectivity index (χ4n) is 3.64. The number of fused-ring (bicyclic) bond motifs is 1. The summed E-state index contributed by atoms with van der Waals surface area (Å²) in [6.07, 6.45) is 0. The molecule has 176 valence electrons. The van der Waals surface area contributed by atoms with Gasteiger partial charge in [0.15, 0.2) is 5.75 Å². The molecule has 0 saturated carbocycles. The number of amides is 2. The maximum absolute atomic E-state index is 13.1. The van der Waals surface area contributed by atoms with Crippen molar-refractivity contribution in [1.82, 2.24) is 5.32 Å². The van der Waals surface area contributed by atoms with Crippen molar-refractivity contribution in [3.05, 3.63) is 89.5 Å². The lowest BCUT2D eigenvalue weighted by Gasteiger charge is -2.12. The fourth-order valence-corrected chi connectivity index (χ4v) is 3.64. The zero-order valence-corrected chi connectivity index (χ0v) is 19.5. The first kappa shape index (κ1) is 23.4. The third kappa shape index (κ3) is 4.81. The van der Waals surface area contributed by atoms with Gasteiger partial charge in [0.1, 0.15) is 17.1 Å². The first-order chi connectivity index (χ1) is 16.9. The number of phenols is 1. The van der Waals surface area contributed by atoms with E-state index in [0.29, 0.717) is 28.1 Å². The van der Waals surface area contributed by atoms with Crippen LogP contribution in [0.2, 0.25) is 0 Å². The summed E-state index contributed by atoms with van der Waals surface area (Å²) >= 11 is 0. The summed E-state index contributed by atoms with van der Waals surface area (Å²) in [6, 6.07) is 21.0. The lowest BCUT2D eigenvalue weighted by Crippen LogP contribution is -2.17. The number of hydrogen-bond acceptors (Lipinski definition) is 6. The number of aryl methyl sites for hydroxylation is 1. The van der Waals surface area contributed by atoms with E-state index in [9.17, 15) is 14.7 Å². The van der Waals surface area contributed by atoms with Crippen molar-refractivity contribution in [2.75, 3.05) is 19.5 Å². The Bertz CT molecular complexity index is 1460. The van der Waals surface area contributed by atoms with Crippen LogP contribution in [0, 0.1) is 6.92 Å². The SMILES string of the molecule is CNC(=O)c1ccc(N=Nc2c(O)c(C(=O)Nc3ccccc3C)cc3ccccc23)c(OC)c1. The van der Waals surface area contributed by atoms with Crippen LogP contribution in [0.5, 0.6) is 11.5 Å². The lowest BCUT2D eigenvalue weighted by atomic mass is 10.0. The Morgan fingerprint density at radius 2 is 1.66 bits per heavy atom. The predicted octanol–water partition coefficient (Wildman–Crippen LogP) is 5.89. The van der Waals surface area contributed by atoms with Crippen LogP contribution in [0.1, 0.15) is 26.3 Å². The number of nitrogens with zero attached hydrogens (tertiary/aromatic N) is 2. The van der Waals surface area contributed by atoms with E-state index < -0.39 is 5.91 Å². The molecule has 0 aliphatic rings. The summed E-state index contributed by atoms with van der Waals surface area (Å²) in [6.45, 7) is 1.89. The number of nitrogens with one attached hydrogen (secondary N) is 2. The summed E-state index contributed by atoms with van der Waals surface area (Å²) in [4.78, 5) is 25.0. The second-order valence-corrected chi connectivity index (χ2v) is 7.78. The maximum Gasteiger partial charge on any atom is 0.259 e. The van der Waals surface area contributed by atoms with Gasteiger partial charge in [-0.15, -0.1) is 10.2 Å². The van der Waals surface area contributed by atoms with Gasteiger partial charge in [-0.3, -0.25) is 9.59 Å². The molecule has 0 heterocycles. The second-order valence-electron chi connectivity index (χ2n) is 7.78. The van der Waals surface area contributed by atoms with Crippen molar-refractivity contribution >= 4 is 39.6 Å². The highest BCUT2D eigenvalue weighted by Crippen LogP contribution is 2.40. The molecular weight excluding hydrogens is 444 g/mol. The van der Waals surface area contributed by atoms with E-state index in [0.717, 1.165) is 10.9 Å². The Labute approximate surface area is 202 Å². The van der Waals surface area contributed by atoms with E-state index in [1.165, 1.54) is 7.11 Å². The van der Waals surface area contributed by atoms with Crippen LogP contribution in [0.25, 0.3) is 10.8 Å². The number of ether oxygens (including phenoxy) is 1. The van der Waals surface area contributed by atoms with Gasteiger partial charge in [0, 0.05) is 23.7 Å². The monoisotopic (exact) mass is 468 g/mol. The molecule has 2 amide bonds. The minimum atomic E-state index is -0.466. The molecule has 0 aliphatic heterocycles. The number of phenolic OH excluding ortho intramolecular Hbond substituents is 1. The molecule has 0 bridgehead atoms. The smallest absolute Gasteiger partial charge is 0.259 e. The molecule has 8 nitrogen and oxygen atoms in total. The average molecular weight is 469 g/mol. The standard InChI is InChI=1S/C27H24N4O4/c1-16-8-4-7-11-21(16)29-27(34)20-14-17-9-5-6-10-19(17)24(25(20)32)31-30-22-13-12-18(26(33)28-2)15-23(22)35-3/h4-15,32H,1-3H3,(H,28,33)(H,29,34). The largest absolute Gasteiger partial charge is 0.505 e. The Morgan fingerprint density at radius 3 is 2.40 bits per heavy atom. The summed E-state index contributed by atoms with van der Waals surface area (Å²) < 4.78 is 5.37. The van der Waals surface area contributed by atoms with Crippen molar-refractivity contribution in [2.24, 2.45) is 10.2 Å². The van der Waals surface area contributed by atoms with Gasteiger partial charge >= 0.3 is 0 Å². The van der Waals surface area contributed by atoms with Gasteiger partial charge in [-0.1, -0.05) is 42.5 Å². The molecule has 0 saturated heterocycles. The molecule has 0 aliphatic carbocycles. The highest BCUT2D eigenvalue weighted by molar-refractivity contribution is 6.12. The molecule has 4 aromatic carbocycles. The molecule has 8 heteroatoms. The molecule has 0 unspecified atom stereocenters.